The minimum Gasteiger partial charge on any atom is -0.467 e. The SMILES string of the molecule is CCn1cnc(S(=O)(=O)N2CCCC(C(=O)NCc3ccco3)C2)c1. The average molecular weight is 366 g/mol. The first-order chi connectivity index (χ1) is 12.0. The van der Waals surface area contributed by atoms with E-state index in [-0.39, 0.29) is 23.4 Å². The number of aryl methyl sites for hydroxylation is 1. The molecule has 3 heterocycles. The van der Waals surface area contributed by atoms with Crippen LogP contribution in [-0.4, -0.2) is 41.3 Å². The number of piperidine rings is 1. The van der Waals surface area contributed by atoms with E-state index in [2.05, 4.69) is 10.3 Å². The largest absolute Gasteiger partial charge is 0.467 e. The number of nitrogens with zero attached hydrogens (tertiary/aromatic N) is 3. The molecule has 0 bridgehead atoms. The van der Waals surface area contributed by atoms with Crippen LogP contribution in [0.25, 0.3) is 0 Å². The Balaban J connectivity index is 1.64. The average Bonchev–Trinajstić information content (AvgIpc) is 3.31. The molecule has 1 N–H and O–H groups in total. The molecule has 0 radical (unpaired) electrons. The maximum absolute atomic E-state index is 12.7. The van der Waals surface area contributed by atoms with E-state index in [0.29, 0.717) is 38.2 Å². The molecule has 1 aliphatic rings. The lowest BCUT2D eigenvalue weighted by atomic mass is 9.99. The Bertz CT molecular complexity index is 813. The minimum absolute atomic E-state index is 0.0333. The maximum atomic E-state index is 12.7. The van der Waals surface area contributed by atoms with Crippen molar-refractivity contribution in [1.82, 2.24) is 19.2 Å². The molecule has 0 spiro atoms. The molecule has 1 atom stereocenters. The van der Waals surface area contributed by atoms with Crippen molar-refractivity contribution in [2.24, 2.45) is 5.92 Å². The van der Waals surface area contributed by atoms with Crippen molar-refractivity contribution in [2.75, 3.05) is 13.1 Å². The smallest absolute Gasteiger partial charge is 0.262 e. The van der Waals surface area contributed by atoms with Gasteiger partial charge in [-0.3, -0.25) is 4.79 Å². The van der Waals surface area contributed by atoms with Gasteiger partial charge in [0.1, 0.15) is 5.76 Å². The van der Waals surface area contributed by atoms with Crippen molar-refractivity contribution < 1.29 is 17.6 Å². The van der Waals surface area contributed by atoms with Gasteiger partial charge in [-0.05, 0) is 31.9 Å². The number of imidazole rings is 1. The molecule has 136 valence electrons. The Labute approximate surface area is 146 Å². The highest BCUT2D eigenvalue weighted by Gasteiger charge is 2.34. The predicted octanol–water partition coefficient (Wildman–Crippen LogP) is 1.21. The quantitative estimate of drug-likeness (QED) is 0.829. The number of carbonyl (C=O) groups excluding carboxylic acids is 1. The molecule has 1 aliphatic heterocycles. The zero-order chi connectivity index (χ0) is 17.9. The van der Waals surface area contributed by atoms with Gasteiger partial charge in [-0.15, -0.1) is 0 Å². The summed E-state index contributed by atoms with van der Waals surface area (Å²) in [5, 5.41) is 2.84. The van der Waals surface area contributed by atoms with Crippen molar-refractivity contribution in [3.63, 3.8) is 0 Å². The van der Waals surface area contributed by atoms with Crippen LogP contribution in [0, 0.1) is 5.92 Å². The molecular weight excluding hydrogens is 344 g/mol. The van der Waals surface area contributed by atoms with Crippen LogP contribution in [0.1, 0.15) is 25.5 Å². The normalized spacial score (nSPS) is 19.0. The van der Waals surface area contributed by atoms with Gasteiger partial charge in [0.2, 0.25) is 5.91 Å². The second-order valence-electron chi connectivity index (χ2n) is 6.04. The van der Waals surface area contributed by atoms with Gasteiger partial charge in [-0.1, -0.05) is 0 Å². The lowest BCUT2D eigenvalue weighted by Crippen LogP contribution is -2.45. The lowest BCUT2D eigenvalue weighted by Gasteiger charge is -2.30. The van der Waals surface area contributed by atoms with Gasteiger partial charge >= 0.3 is 0 Å². The van der Waals surface area contributed by atoms with Crippen molar-refractivity contribution in [3.8, 4) is 0 Å². The first-order valence-electron chi connectivity index (χ1n) is 8.32. The van der Waals surface area contributed by atoms with Gasteiger partial charge in [0.05, 0.1) is 25.1 Å². The Morgan fingerprint density at radius 2 is 2.32 bits per heavy atom. The molecular formula is C16H22N4O4S. The number of hydrogen-bond donors (Lipinski definition) is 1. The summed E-state index contributed by atoms with van der Waals surface area (Å²) < 4.78 is 33.7. The third kappa shape index (κ3) is 3.93. The fourth-order valence-corrected chi connectivity index (χ4v) is 4.34. The summed E-state index contributed by atoms with van der Waals surface area (Å²) in [5.74, 6) is 0.140. The van der Waals surface area contributed by atoms with Crippen molar-refractivity contribution in [1.29, 1.82) is 0 Å². The third-order valence-electron chi connectivity index (χ3n) is 4.35. The molecule has 1 unspecified atom stereocenters. The van der Waals surface area contributed by atoms with Crippen LogP contribution in [0.5, 0.6) is 0 Å². The van der Waals surface area contributed by atoms with Crippen LogP contribution in [0.2, 0.25) is 0 Å². The minimum atomic E-state index is -3.67. The fraction of sp³-hybridized carbons (Fsp3) is 0.500. The Morgan fingerprint density at radius 1 is 1.48 bits per heavy atom. The topological polar surface area (TPSA) is 97.4 Å². The summed E-state index contributed by atoms with van der Waals surface area (Å²) in [7, 11) is -3.67. The van der Waals surface area contributed by atoms with Crippen molar-refractivity contribution in [3.05, 3.63) is 36.7 Å². The standard InChI is InChI=1S/C16H22N4O4S/c1-2-19-11-15(18-12-19)25(22,23)20-7-3-5-13(10-20)16(21)17-9-14-6-4-8-24-14/h4,6,8,11-13H,2-3,5,7,9-10H2,1H3,(H,17,21). The van der Waals surface area contributed by atoms with Crippen molar-refractivity contribution >= 4 is 15.9 Å². The van der Waals surface area contributed by atoms with Crippen LogP contribution in [-0.2, 0) is 27.9 Å². The molecule has 9 heteroatoms. The lowest BCUT2D eigenvalue weighted by molar-refractivity contribution is -0.126. The van der Waals surface area contributed by atoms with Gasteiger partial charge in [-0.2, -0.15) is 4.31 Å². The number of furan rings is 1. The van der Waals surface area contributed by atoms with E-state index in [9.17, 15) is 13.2 Å². The first-order valence-corrected chi connectivity index (χ1v) is 9.76. The van der Waals surface area contributed by atoms with Crippen LogP contribution in [0.3, 0.4) is 0 Å². The van der Waals surface area contributed by atoms with E-state index >= 15 is 0 Å². The highest BCUT2D eigenvalue weighted by Crippen LogP contribution is 2.23. The number of amides is 1. The number of hydrogen-bond acceptors (Lipinski definition) is 5. The van der Waals surface area contributed by atoms with E-state index in [1.54, 1.807) is 23.0 Å². The van der Waals surface area contributed by atoms with Crippen LogP contribution in [0.4, 0.5) is 0 Å². The van der Waals surface area contributed by atoms with E-state index in [1.807, 2.05) is 6.92 Å². The molecule has 2 aromatic rings. The maximum Gasteiger partial charge on any atom is 0.262 e. The van der Waals surface area contributed by atoms with Gasteiger partial charge in [0, 0.05) is 25.8 Å². The van der Waals surface area contributed by atoms with E-state index in [4.69, 9.17) is 4.42 Å². The number of nitrogens with one attached hydrogen (secondary N) is 1. The summed E-state index contributed by atoms with van der Waals surface area (Å²) in [5.41, 5.74) is 0. The Hall–Kier alpha value is -2.13. The number of sulfonamides is 1. The molecule has 8 nitrogen and oxygen atoms in total. The molecule has 0 aromatic carbocycles. The highest BCUT2D eigenvalue weighted by molar-refractivity contribution is 7.89. The summed E-state index contributed by atoms with van der Waals surface area (Å²) in [6.45, 7) is 3.45. The second kappa shape index (κ2) is 7.40. The zero-order valence-corrected chi connectivity index (χ0v) is 14.9. The van der Waals surface area contributed by atoms with Crippen molar-refractivity contribution in [2.45, 2.75) is 37.9 Å². The molecule has 2 aromatic heterocycles. The monoisotopic (exact) mass is 366 g/mol. The molecule has 0 aliphatic carbocycles. The van der Waals surface area contributed by atoms with Gasteiger partial charge < -0.3 is 14.3 Å². The molecule has 25 heavy (non-hydrogen) atoms. The van der Waals surface area contributed by atoms with E-state index in [0.717, 1.165) is 0 Å². The van der Waals surface area contributed by atoms with Crippen LogP contribution in [0.15, 0.2) is 40.4 Å². The van der Waals surface area contributed by atoms with E-state index < -0.39 is 10.0 Å². The van der Waals surface area contributed by atoms with Gasteiger partial charge in [0.15, 0.2) is 5.03 Å². The molecule has 0 saturated carbocycles. The molecule has 1 fully saturated rings. The predicted molar refractivity (Wildman–Crippen MR) is 89.9 cm³/mol. The van der Waals surface area contributed by atoms with Gasteiger partial charge in [0.25, 0.3) is 10.0 Å². The Kier molecular flexibility index (Phi) is 5.24. The number of aromatic nitrogens is 2. The van der Waals surface area contributed by atoms with Gasteiger partial charge in [-0.25, -0.2) is 13.4 Å². The summed E-state index contributed by atoms with van der Waals surface area (Å²) >= 11 is 0. The fourth-order valence-electron chi connectivity index (χ4n) is 2.88. The van der Waals surface area contributed by atoms with E-state index in [1.165, 1.54) is 16.8 Å². The summed E-state index contributed by atoms with van der Waals surface area (Å²) in [6, 6.07) is 3.54. The zero-order valence-electron chi connectivity index (χ0n) is 14.1. The van der Waals surface area contributed by atoms with Crippen LogP contribution < -0.4 is 5.32 Å². The summed E-state index contributed by atoms with van der Waals surface area (Å²) in [6.07, 6.45) is 5.89. The number of rotatable bonds is 6. The molecule has 1 saturated heterocycles. The first kappa shape index (κ1) is 17.7. The van der Waals surface area contributed by atoms with Crippen LogP contribution >= 0.6 is 0 Å². The Morgan fingerprint density at radius 3 is 3.00 bits per heavy atom. The third-order valence-corrected chi connectivity index (χ3v) is 6.10. The highest BCUT2D eigenvalue weighted by atomic mass is 32.2. The second-order valence-corrected chi connectivity index (χ2v) is 7.93. The molecule has 1 amide bonds. The molecule has 3 rings (SSSR count). The summed E-state index contributed by atoms with van der Waals surface area (Å²) in [4.78, 5) is 16.4. The number of carbonyl (C=O) groups is 1.